The maximum absolute atomic E-state index is 13.6. The van der Waals surface area contributed by atoms with Crippen LogP contribution in [0.15, 0.2) is 79.0 Å². The highest BCUT2D eigenvalue weighted by Crippen LogP contribution is 2.15. The second kappa shape index (κ2) is 10.8. The van der Waals surface area contributed by atoms with E-state index >= 15 is 0 Å². The number of rotatable bonds is 7. The third-order valence-corrected chi connectivity index (χ3v) is 5.59. The van der Waals surface area contributed by atoms with E-state index in [2.05, 4.69) is 4.98 Å². The fraction of sp³-hybridized carbons (Fsp3) is 0.269. The third-order valence-electron chi connectivity index (χ3n) is 5.59. The molecular weight excluding hydrogens is 421 g/mol. The largest absolute Gasteiger partial charge is 0.370 e. The molecule has 1 saturated heterocycles. The van der Waals surface area contributed by atoms with Crippen LogP contribution in [-0.4, -0.2) is 58.9 Å². The normalized spacial score (nSPS) is 16.5. The van der Waals surface area contributed by atoms with E-state index in [-0.39, 0.29) is 43.0 Å². The highest BCUT2D eigenvalue weighted by atomic mass is 19.1. The lowest BCUT2D eigenvalue weighted by Gasteiger charge is -2.25. The van der Waals surface area contributed by atoms with Crippen molar-refractivity contribution in [3.63, 3.8) is 0 Å². The van der Waals surface area contributed by atoms with Gasteiger partial charge in [0.2, 0.25) is 5.91 Å². The molecule has 1 aliphatic rings. The van der Waals surface area contributed by atoms with Crippen LogP contribution in [0.3, 0.4) is 0 Å². The Bertz CT molecular complexity index is 1080. The summed E-state index contributed by atoms with van der Waals surface area (Å²) in [5.74, 6) is -0.774. The minimum absolute atomic E-state index is 0.0377. The summed E-state index contributed by atoms with van der Waals surface area (Å²) >= 11 is 0. The number of pyridine rings is 1. The fourth-order valence-corrected chi connectivity index (χ4v) is 3.86. The molecule has 0 spiro atoms. The molecular formula is C26H26FN3O3. The van der Waals surface area contributed by atoms with Gasteiger partial charge in [-0.25, -0.2) is 4.39 Å². The van der Waals surface area contributed by atoms with E-state index < -0.39 is 6.10 Å². The van der Waals surface area contributed by atoms with Crippen LogP contribution in [-0.2, 0) is 22.6 Å². The molecule has 4 rings (SSSR count). The Morgan fingerprint density at radius 3 is 2.55 bits per heavy atom. The third kappa shape index (κ3) is 6.23. The Hall–Kier alpha value is -3.58. The van der Waals surface area contributed by atoms with E-state index in [1.165, 1.54) is 17.0 Å². The maximum atomic E-state index is 13.6. The van der Waals surface area contributed by atoms with Crippen LogP contribution in [0.4, 0.5) is 4.39 Å². The molecule has 1 aliphatic heterocycles. The Kier molecular flexibility index (Phi) is 7.42. The summed E-state index contributed by atoms with van der Waals surface area (Å²) in [4.78, 5) is 33.5. The molecule has 0 saturated carbocycles. The van der Waals surface area contributed by atoms with E-state index in [4.69, 9.17) is 4.74 Å². The molecule has 7 heteroatoms. The molecule has 0 radical (unpaired) electrons. The Morgan fingerprint density at radius 1 is 1.00 bits per heavy atom. The van der Waals surface area contributed by atoms with Gasteiger partial charge in [0.25, 0.3) is 5.91 Å². The van der Waals surface area contributed by atoms with Gasteiger partial charge in [-0.15, -0.1) is 0 Å². The molecule has 2 heterocycles. The Labute approximate surface area is 192 Å². The first kappa shape index (κ1) is 22.6. The molecule has 1 fully saturated rings. The number of hydrogen-bond donors (Lipinski definition) is 0. The van der Waals surface area contributed by atoms with Gasteiger partial charge in [0.05, 0.1) is 12.7 Å². The van der Waals surface area contributed by atoms with Gasteiger partial charge in [-0.2, -0.15) is 0 Å². The minimum Gasteiger partial charge on any atom is -0.370 e. The van der Waals surface area contributed by atoms with Crippen LogP contribution >= 0.6 is 0 Å². The number of halogens is 1. The summed E-state index contributed by atoms with van der Waals surface area (Å²) < 4.78 is 19.6. The summed E-state index contributed by atoms with van der Waals surface area (Å²) in [5.41, 5.74) is 2.11. The van der Waals surface area contributed by atoms with Gasteiger partial charge in [-0.05, 0) is 41.8 Å². The molecule has 0 unspecified atom stereocenters. The average Bonchev–Trinajstić information content (AvgIpc) is 3.00. The van der Waals surface area contributed by atoms with Gasteiger partial charge in [0.15, 0.2) is 0 Å². The van der Waals surface area contributed by atoms with Crippen LogP contribution in [0.5, 0.6) is 0 Å². The minimum atomic E-state index is -0.414. The highest BCUT2D eigenvalue weighted by Gasteiger charge is 2.31. The first-order valence-corrected chi connectivity index (χ1v) is 11.0. The van der Waals surface area contributed by atoms with Crippen molar-refractivity contribution < 1.29 is 18.7 Å². The zero-order chi connectivity index (χ0) is 23.0. The quantitative estimate of drug-likeness (QED) is 0.557. The summed E-state index contributed by atoms with van der Waals surface area (Å²) in [5, 5.41) is 0. The van der Waals surface area contributed by atoms with Crippen molar-refractivity contribution in [1.82, 2.24) is 14.8 Å². The lowest BCUT2D eigenvalue weighted by Crippen LogP contribution is -2.40. The zero-order valence-electron chi connectivity index (χ0n) is 18.3. The highest BCUT2D eigenvalue weighted by molar-refractivity contribution is 5.95. The molecule has 2 amide bonds. The van der Waals surface area contributed by atoms with Crippen molar-refractivity contribution in [2.75, 3.05) is 26.2 Å². The van der Waals surface area contributed by atoms with Crippen LogP contribution in [0, 0.1) is 5.82 Å². The SMILES string of the molecule is O=C1CN(C(=O)c2ccccn2)C[C@H](OCc2cccc(F)c2)CN1CCc1ccccc1. The molecule has 6 nitrogen and oxygen atoms in total. The second-order valence-corrected chi connectivity index (χ2v) is 8.04. The topological polar surface area (TPSA) is 62.7 Å². The van der Waals surface area contributed by atoms with Gasteiger partial charge in [0, 0.05) is 25.8 Å². The van der Waals surface area contributed by atoms with Gasteiger partial charge in [-0.3, -0.25) is 14.6 Å². The van der Waals surface area contributed by atoms with Crippen molar-refractivity contribution in [3.8, 4) is 0 Å². The van der Waals surface area contributed by atoms with Crippen molar-refractivity contribution in [2.45, 2.75) is 19.1 Å². The van der Waals surface area contributed by atoms with E-state index in [9.17, 15) is 14.0 Å². The number of ether oxygens (including phenoxy) is 1. The number of hydrogen-bond acceptors (Lipinski definition) is 4. The maximum Gasteiger partial charge on any atom is 0.273 e. The van der Waals surface area contributed by atoms with Crippen molar-refractivity contribution in [3.05, 3.63) is 102 Å². The molecule has 3 aromatic rings. The summed E-state index contributed by atoms with van der Waals surface area (Å²) in [6, 6.07) is 21.3. The molecule has 1 atom stereocenters. The number of benzene rings is 2. The first-order chi connectivity index (χ1) is 16.1. The predicted molar refractivity (Wildman–Crippen MR) is 122 cm³/mol. The number of aromatic nitrogens is 1. The van der Waals surface area contributed by atoms with Crippen LogP contribution < -0.4 is 0 Å². The van der Waals surface area contributed by atoms with Crippen molar-refractivity contribution in [2.24, 2.45) is 0 Å². The molecule has 0 bridgehead atoms. The second-order valence-electron chi connectivity index (χ2n) is 8.04. The number of amides is 2. The van der Waals surface area contributed by atoms with Gasteiger partial charge >= 0.3 is 0 Å². The molecule has 33 heavy (non-hydrogen) atoms. The number of nitrogens with zero attached hydrogens (tertiary/aromatic N) is 3. The van der Waals surface area contributed by atoms with E-state index in [1.807, 2.05) is 30.3 Å². The van der Waals surface area contributed by atoms with Crippen LogP contribution in [0.1, 0.15) is 21.6 Å². The smallest absolute Gasteiger partial charge is 0.273 e. The van der Waals surface area contributed by atoms with Gasteiger partial charge in [-0.1, -0.05) is 48.5 Å². The first-order valence-electron chi connectivity index (χ1n) is 11.0. The lowest BCUT2D eigenvalue weighted by molar-refractivity contribution is -0.131. The summed E-state index contributed by atoms with van der Waals surface area (Å²) in [6.45, 7) is 1.28. The van der Waals surface area contributed by atoms with Crippen LogP contribution in [0.2, 0.25) is 0 Å². The number of carbonyl (C=O) groups excluding carboxylic acids is 2. The predicted octanol–water partition coefficient (Wildman–Crippen LogP) is 3.33. The Morgan fingerprint density at radius 2 is 1.79 bits per heavy atom. The molecule has 1 aromatic heterocycles. The lowest BCUT2D eigenvalue weighted by atomic mass is 10.1. The zero-order valence-corrected chi connectivity index (χ0v) is 18.3. The number of carbonyl (C=O) groups is 2. The monoisotopic (exact) mass is 447 g/mol. The molecule has 0 aliphatic carbocycles. The average molecular weight is 448 g/mol. The molecule has 0 N–H and O–H groups in total. The van der Waals surface area contributed by atoms with E-state index in [0.717, 1.165) is 5.56 Å². The molecule has 2 aromatic carbocycles. The van der Waals surface area contributed by atoms with Gasteiger partial charge < -0.3 is 14.5 Å². The molecule has 170 valence electrons. The van der Waals surface area contributed by atoms with E-state index in [0.29, 0.717) is 25.1 Å². The van der Waals surface area contributed by atoms with E-state index in [1.54, 1.807) is 41.4 Å². The summed E-state index contributed by atoms with van der Waals surface area (Å²) in [7, 11) is 0. The standard InChI is InChI=1S/C26H26FN3O3/c27-22-10-6-9-21(15-22)19-33-23-16-29(14-12-20-7-2-1-3-8-20)25(31)18-30(17-23)26(32)24-11-4-5-13-28-24/h1-11,13,15,23H,12,14,16-19H2/t23-/m1/s1. The van der Waals surface area contributed by atoms with Crippen molar-refractivity contribution >= 4 is 11.8 Å². The van der Waals surface area contributed by atoms with Gasteiger partial charge in [0.1, 0.15) is 18.1 Å². The Balaban J connectivity index is 1.49. The van der Waals surface area contributed by atoms with Crippen LogP contribution in [0.25, 0.3) is 0 Å². The van der Waals surface area contributed by atoms with Crippen molar-refractivity contribution in [1.29, 1.82) is 0 Å². The fourth-order valence-electron chi connectivity index (χ4n) is 3.86. The summed E-state index contributed by atoms with van der Waals surface area (Å²) in [6.07, 6.45) is 1.84.